The van der Waals surface area contributed by atoms with E-state index in [4.69, 9.17) is 5.11 Å². The fourth-order valence-corrected chi connectivity index (χ4v) is 1.27. The number of carboxylic acids is 1. The van der Waals surface area contributed by atoms with Gasteiger partial charge in [0, 0.05) is 0 Å². The molecule has 1 aromatic heterocycles. The van der Waals surface area contributed by atoms with Crippen molar-refractivity contribution in [1.29, 1.82) is 0 Å². The van der Waals surface area contributed by atoms with Crippen LogP contribution in [0.5, 0.6) is 0 Å². The first-order chi connectivity index (χ1) is 6.91. The molecule has 0 radical (unpaired) electrons. The highest BCUT2D eigenvalue weighted by Crippen LogP contribution is 2.15. The minimum Gasteiger partial charge on any atom is -0.477 e. The molecule has 0 spiro atoms. The number of hydrogen-bond acceptors (Lipinski definition) is 2. The van der Waals surface area contributed by atoms with Crippen LogP contribution in [0.4, 0.5) is 0 Å². The minimum atomic E-state index is -0.948. The monoisotopic (exact) mass is 208 g/mol. The van der Waals surface area contributed by atoms with Gasteiger partial charge in [-0.2, -0.15) is 5.10 Å². The number of hydrogen-bond donors (Lipinski definition) is 1. The molecule has 15 heavy (non-hydrogen) atoms. The number of carboxylic acid groups (broad SMARTS) is 1. The van der Waals surface area contributed by atoms with Crippen molar-refractivity contribution < 1.29 is 9.90 Å². The summed E-state index contributed by atoms with van der Waals surface area (Å²) in [6.45, 7) is 10.0. The lowest BCUT2D eigenvalue weighted by molar-refractivity contribution is 0.0684. The average Bonchev–Trinajstić information content (AvgIpc) is 2.46. The highest BCUT2D eigenvalue weighted by molar-refractivity contribution is 5.85. The normalized spacial score (nSPS) is 10.7. The van der Waals surface area contributed by atoms with Gasteiger partial charge in [-0.1, -0.05) is 26.0 Å². The Bertz CT molecular complexity index is 391. The van der Waals surface area contributed by atoms with Crippen LogP contribution in [0, 0.1) is 0 Å². The lowest BCUT2D eigenvalue weighted by Crippen LogP contribution is -2.10. The van der Waals surface area contributed by atoms with Crippen molar-refractivity contribution in [3.63, 3.8) is 0 Å². The van der Waals surface area contributed by atoms with Crippen molar-refractivity contribution in [3.05, 3.63) is 29.6 Å². The quantitative estimate of drug-likeness (QED) is 0.772. The van der Waals surface area contributed by atoms with Crippen LogP contribution in [-0.2, 0) is 6.54 Å². The summed E-state index contributed by atoms with van der Waals surface area (Å²) in [6.07, 6.45) is 0. The van der Waals surface area contributed by atoms with Gasteiger partial charge in [0.1, 0.15) is 5.69 Å². The van der Waals surface area contributed by atoms with Crippen LogP contribution in [0.15, 0.2) is 18.2 Å². The van der Waals surface area contributed by atoms with Crippen LogP contribution < -0.4 is 0 Å². The van der Waals surface area contributed by atoms with Gasteiger partial charge in [0.15, 0.2) is 0 Å². The molecular formula is C11H16N2O2. The molecule has 82 valence electrons. The van der Waals surface area contributed by atoms with E-state index in [0.29, 0.717) is 6.54 Å². The zero-order valence-corrected chi connectivity index (χ0v) is 9.32. The Morgan fingerprint density at radius 3 is 2.67 bits per heavy atom. The van der Waals surface area contributed by atoms with E-state index >= 15 is 0 Å². The molecule has 0 fully saturated rings. The second-order valence-electron chi connectivity index (χ2n) is 4.03. The van der Waals surface area contributed by atoms with Crippen LogP contribution in [0.3, 0.4) is 0 Å². The second kappa shape index (κ2) is 4.29. The third-order valence-corrected chi connectivity index (χ3v) is 2.03. The van der Waals surface area contributed by atoms with E-state index < -0.39 is 5.97 Å². The molecule has 0 unspecified atom stereocenters. The molecule has 0 amide bonds. The Balaban J connectivity index is 3.11. The molecule has 0 aliphatic heterocycles. The first kappa shape index (κ1) is 11.5. The molecule has 0 atom stereocenters. The topological polar surface area (TPSA) is 55.1 Å². The SMILES string of the molecule is C=C(C)Cn1nc(C(C)C)cc1C(=O)O. The first-order valence-electron chi connectivity index (χ1n) is 4.87. The number of allylic oxidation sites excluding steroid dienone is 1. The number of aromatic carboxylic acids is 1. The summed E-state index contributed by atoms with van der Waals surface area (Å²) in [4.78, 5) is 10.9. The van der Waals surface area contributed by atoms with Gasteiger partial charge in [-0.05, 0) is 18.9 Å². The zero-order valence-electron chi connectivity index (χ0n) is 9.32. The number of carbonyl (C=O) groups is 1. The molecule has 4 heteroatoms. The van der Waals surface area contributed by atoms with E-state index in [0.717, 1.165) is 11.3 Å². The molecule has 0 saturated heterocycles. The summed E-state index contributed by atoms with van der Waals surface area (Å²) in [5.41, 5.74) is 1.91. The maximum atomic E-state index is 10.9. The highest BCUT2D eigenvalue weighted by Gasteiger charge is 2.15. The van der Waals surface area contributed by atoms with Crippen LogP contribution in [0.2, 0.25) is 0 Å². The Morgan fingerprint density at radius 2 is 2.27 bits per heavy atom. The first-order valence-corrected chi connectivity index (χ1v) is 4.87. The molecule has 1 aromatic rings. The molecule has 4 nitrogen and oxygen atoms in total. The van der Waals surface area contributed by atoms with Gasteiger partial charge in [-0.25, -0.2) is 4.79 Å². The summed E-state index contributed by atoms with van der Waals surface area (Å²) in [7, 11) is 0. The predicted octanol–water partition coefficient (Wildman–Crippen LogP) is 2.28. The fourth-order valence-electron chi connectivity index (χ4n) is 1.27. The summed E-state index contributed by atoms with van der Waals surface area (Å²) in [6, 6.07) is 1.62. The highest BCUT2D eigenvalue weighted by atomic mass is 16.4. The van der Waals surface area contributed by atoms with Crippen molar-refractivity contribution in [2.45, 2.75) is 33.2 Å². The Labute approximate surface area is 89.2 Å². The summed E-state index contributed by atoms with van der Waals surface area (Å²) < 4.78 is 1.49. The van der Waals surface area contributed by atoms with Crippen molar-refractivity contribution in [2.24, 2.45) is 0 Å². The lowest BCUT2D eigenvalue weighted by atomic mass is 10.1. The summed E-state index contributed by atoms with van der Waals surface area (Å²) in [5, 5.41) is 13.2. The largest absolute Gasteiger partial charge is 0.477 e. The van der Waals surface area contributed by atoms with Gasteiger partial charge in [-0.15, -0.1) is 0 Å². The molecule has 1 rings (SSSR count). The number of nitrogens with zero attached hydrogens (tertiary/aromatic N) is 2. The van der Waals surface area contributed by atoms with Gasteiger partial charge in [-0.3, -0.25) is 4.68 Å². The smallest absolute Gasteiger partial charge is 0.354 e. The number of aromatic nitrogens is 2. The van der Waals surface area contributed by atoms with E-state index in [1.54, 1.807) is 6.07 Å². The molecular weight excluding hydrogens is 192 g/mol. The van der Waals surface area contributed by atoms with Crippen LogP contribution >= 0.6 is 0 Å². The molecule has 0 aliphatic carbocycles. The Morgan fingerprint density at radius 1 is 1.67 bits per heavy atom. The fraction of sp³-hybridized carbons (Fsp3) is 0.455. The molecule has 0 aliphatic rings. The van der Waals surface area contributed by atoms with Gasteiger partial charge in [0.25, 0.3) is 0 Å². The molecule has 1 heterocycles. The minimum absolute atomic E-state index is 0.224. The maximum Gasteiger partial charge on any atom is 0.354 e. The van der Waals surface area contributed by atoms with Crippen LogP contribution in [0.1, 0.15) is 42.9 Å². The van der Waals surface area contributed by atoms with Crippen molar-refractivity contribution in [1.82, 2.24) is 9.78 Å². The zero-order chi connectivity index (χ0) is 11.6. The summed E-state index contributed by atoms with van der Waals surface area (Å²) in [5.74, 6) is -0.717. The lowest BCUT2D eigenvalue weighted by Gasteiger charge is -2.03. The van der Waals surface area contributed by atoms with Gasteiger partial charge in [0.2, 0.25) is 0 Å². The van der Waals surface area contributed by atoms with Crippen molar-refractivity contribution in [3.8, 4) is 0 Å². The third kappa shape index (κ3) is 2.68. The van der Waals surface area contributed by atoms with Crippen molar-refractivity contribution >= 4 is 5.97 Å². The summed E-state index contributed by atoms with van der Waals surface area (Å²) >= 11 is 0. The maximum absolute atomic E-state index is 10.9. The van der Waals surface area contributed by atoms with E-state index in [9.17, 15) is 4.79 Å². The third-order valence-electron chi connectivity index (χ3n) is 2.03. The standard InChI is InChI=1S/C11H16N2O2/c1-7(2)6-13-10(11(14)15)5-9(12-13)8(3)4/h5,8H,1,6H2,2-4H3,(H,14,15). The second-order valence-corrected chi connectivity index (χ2v) is 4.03. The Hall–Kier alpha value is -1.58. The predicted molar refractivity (Wildman–Crippen MR) is 58.1 cm³/mol. The van der Waals surface area contributed by atoms with Crippen molar-refractivity contribution in [2.75, 3.05) is 0 Å². The van der Waals surface area contributed by atoms with Crippen LogP contribution in [0.25, 0.3) is 0 Å². The average molecular weight is 208 g/mol. The van der Waals surface area contributed by atoms with Gasteiger partial charge < -0.3 is 5.11 Å². The molecule has 0 aromatic carbocycles. The van der Waals surface area contributed by atoms with Gasteiger partial charge in [0.05, 0.1) is 12.2 Å². The molecule has 1 N–H and O–H groups in total. The van der Waals surface area contributed by atoms with E-state index in [-0.39, 0.29) is 11.6 Å². The van der Waals surface area contributed by atoms with Gasteiger partial charge >= 0.3 is 5.97 Å². The molecule has 0 saturated carbocycles. The molecule has 0 bridgehead atoms. The van der Waals surface area contributed by atoms with E-state index in [1.807, 2.05) is 20.8 Å². The Kier molecular flexibility index (Phi) is 3.29. The van der Waals surface area contributed by atoms with E-state index in [2.05, 4.69) is 11.7 Å². The van der Waals surface area contributed by atoms with Crippen LogP contribution in [-0.4, -0.2) is 20.9 Å². The van der Waals surface area contributed by atoms with E-state index in [1.165, 1.54) is 4.68 Å². The number of rotatable bonds is 4.